The van der Waals surface area contributed by atoms with Crippen LogP contribution in [0.4, 0.5) is 5.13 Å². The van der Waals surface area contributed by atoms with Gasteiger partial charge in [-0.25, -0.2) is 4.98 Å². The molecule has 0 fully saturated rings. The summed E-state index contributed by atoms with van der Waals surface area (Å²) in [5.74, 6) is 0.522. The van der Waals surface area contributed by atoms with E-state index >= 15 is 0 Å². The number of nitrogens with one attached hydrogen (secondary N) is 1. The topological polar surface area (TPSA) is 69.0 Å². The highest BCUT2D eigenvalue weighted by atomic mass is 32.1. The number of carbonyl (C=O) groups excluding carboxylic acids is 1. The number of aryl methyl sites for hydroxylation is 4. The lowest BCUT2D eigenvalue weighted by atomic mass is 10.0. The minimum atomic E-state index is -0.610. The molecule has 0 unspecified atom stereocenters. The lowest BCUT2D eigenvalue weighted by Crippen LogP contribution is -2.30. The Morgan fingerprint density at radius 1 is 1.33 bits per heavy atom. The maximum atomic E-state index is 12.6. The number of carbonyl (C=O) groups is 1. The average molecular weight is 382 g/mol. The molecule has 4 rings (SSSR count). The normalized spacial score (nSPS) is 13.6. The van der Waals surface area contributed by atoms with Crippen molar-refractivity contribution in [3.8, 4) is 17.0 Å². The molecule has 0 saturated carbocycles. The minimum Gasteiger partial charge on any atom is -0.481 e. The SMILES string of the molecule is Cc1ccc(O[C@@H](C)C(=O)Nc2nc3c(s2)CCc2c-3cnn2C)c(C)c1. The molecule has 2 aromatic heterocycles. The predicted octanol–water partition coefficient (Wildman–Crippen LogP) is 3.67. The molecular weight excluding hydrogens is 360 g/mol. The van der Waals surface area contributed by atoms with Crippen LogP contribution in [0.15, 0.2) is 24.4 Å². The highest BCUT2D eigenvalue weighted by Crippen LogP contribution is 2.37. The molecule has 1 aliphatic carbocycles. The molecular formula is C20H22N4O2S. The first-order valence-electron chi connectivity index (χ1n) is 8.98. The number of aromatic nitrogens is 3. The largest absolute Gasteiger partial charge is 0.481 e. The van der Waals surface area contributed by atoms with E-state index in [1.54, 1.807) is 6.92 Å². The first-order chi connectivity index (χ1) is 12.9. The molecule has 1 N–H and O–H groups in total. The van der Waals surface area contributed by atoms with Gasteiger partial charge in [-0.05, 0) is 45.2 Å². The van der Waals surface area contributed by atoms with E-state index < -0.39 is 6.10 Å². The lowest BCUT2D eigenvalue weighted by Gasteiger charge is -2.15. The second-order valence-electron chi connectivity index (χ2n) is 6.94. The maximum absolute atomic E-state index is 12.6. The van der Waals surface area contributed by atoms with E-state index in [4.69, 9.17) is 4.74 Å². The van der Waals surface area contributed by atoms with Crippen LogP contribution in [0.3, 0.4) is 0 Å². The van der Waals surface area contributed by atoms with Crippen LogP contribution in [-0.4, -0.2) is 26.8 Å². The molecule has 1 atom stereocenters. The average Bonchev–Trinajstić information content (AvgIpc) is 3.20. The van der Waals surface area contributed by atoms with Crippen LogP contribution in [0.1, 0.15) is 28.6 Å². The molecule has 1 amide bonds. The number of anilines is 1. The quantitative estimate of drug-likeness (QED) is 0.748. The van der Waals surface area contributed by atoms with Crippen LogP contribution in [0.5, 0.6) is 5.75 Å². The third-order valence-electron chi connectivity index (χ3n) is 4.84. The summed E-state index contributed by atoms with van der Waals surface area (Å²) in [7, 11) is 1.95. The zero-order chi connectivity index (χ0) is 19.1. The molecule has 0 radical (unpaired) electrons. The Kier molecular flexibility index (Phi) is 4.47. The number of amides is 1. The van der Waals surface area contributed by atoms with Gasteiger partial charge in [0.2, 0.25) is 0 Å². The van der Waals surface area contributed by atoms with Gasteiger partial charge in [0.15, 0.2) is 11.2 Å². The zero-order valence-electron chi connectivity index (χ0n) is 15.9. The fraction of sp³-hybridized carbons (Fsp3) is 0.350. The first kappa shape index (κ1) is 17.7. The van der Waals surface area contributed by atoms with E-state index in [2.05, 4.69) is 15.4 Å². The van der Waals surface area contributed by atoms with Crippen molar-refractivity contribution < 1.29 is 9.53 Å². The lowest BCUT2D eigenvalue weighted by molar-refractivity contribution is -0.122. The fourth-order valence-corrected chi connectivity index (χ4v) is 4.34. The van der Waals surface area contributed by atoms with Gasteiger partial charge in [-0.3, -0.25) is 14.8 Å². The fourth-order valence-electron chi connectivity index (χ4n) is 3.36. The minimum absolute atomic E-state index is 0.201. The predicted molar refractivity (Wildman–Crippen MR) is 106 cm³/mol. The van der Waals surface area contributed by atoms with E-state index in [0.717, 1.165) is 35.4 Å². The summed E-state index contributed by atoms with van der Waals surface area (Å²) in [5.41, 5.74) is 5.38. The molecule has 0 saturated heterocycles. The van der Waals surface area contributed by atoms with E-state index in [0.29, 0.717) is 5.13 Å². The second-order valence-corrected chi connectivity index (χ2v) is 8.02. The molecule has 7 heteroatoms. The molecule has 0 spiro atoms. The van der Waals surface area contributed by atoms with Crippen molar-refractivity contribution in [1.82, 2.24) is 14.8 Å². The van der Waals surface area contributed by atoms with Crippen molar-refractivity contribution in [2.24, 2.45) is 7.05 Å². The summed E-state index contributed by atoms with van der Waals surface area (Å²) in [6.45, 7) is 5.76. The molecule has 3 aromatic rings. The number of thiazole rings is 1. The molecule has 2 heterocycles. The van der Waals surface area contributed by atoms with Gasteiger partial charge in [-0.15, -0.1) is 11.3 Å². The Balaban J connectivity index is 1.48. The third kappa shape index (κ3) is 3.35. The molecule has 0 aliphatic heterocycles. The third-order valence-corrected chi connectivity index (χ3v) is 5.87. The van der Waals surface area contributed by atoms with E-state index in [-0.39, 0.29) is 5.91 Å². The van der Waals surface area contributed by atoms with Crippen LogP contribution in [-0.2, 0) is 24.7 Å². The van der Waals surface area contributed by atoms with Crippen LogP contribution in [0, 0.1) is 13.8 Å². The van der Waals surface area contributed by atoms with Gasteiger partial charge in [0.1, 0.15) is 5.75 Å². The first-order valence-corrected chi connectivity index (χ1v) is 9.79. The van der Waals surface area contributed by atoms with Crippen molar-refractivity contribution in [2.45, 2.75) is 39.7 Å². The van der Waals surface area contributed by atoms with Crippen molar-refractivity contribution in [3.63, 3.8) is 0 Å². The van der Waals surface area contributed by atoms with Crippen molar-refractivity contribution in [1.29, 1.82) is 0 Å². The van der Waals surface area contributed by atoms with E-state index in [1.165, 1.54) is 27.5 Å². The van der Waals surface area contributed by atoms with Crippen molar-refractivity contribution in [2.75, 3.05) is 5.32 Å². The highest BCUT2D eigenvalue weighted by molar-refractivity contribution is 7.16. The van der Waals surface area contributed by atoms with Gasteiger partial charge >= 0.3 is 0 Å². The number of hydrogen-bond donors (Lipinski definition) is 1. The van der Waals surface area contributed by atoms with Gasteiger partial charge in [0, 0.05) is 23.2 Å². The van der Waals surface area contributed by atoms with Crippen molar-refractivity contribution in [3.05, 3.63) is 46.1 Å². The molecule has 27 heavy (non-hydrogen) atoms. The number of rotatable bonds is 4. The van der Waals surface area contributed by atoms with E-state index in [1.807, 2.05) is 50.0 Å². The van der Waals surface area contributed by atoms with Crippen LogP contribution in [0.2, 0.25) is 0 Å². The number of fused-ring (bicyclic) bond motifs is 3. The zero-order valence-corrected chi connectivity index (χ0v) is 16.7. The summed E-state index contributed by atoms with van der Waals surface area (Å²) in [6, 6.07) is 5.92. The van der Waals surface area contributed by atoms with Gasteiger partial charge < -0.3 is 4.74 Å². The van der Waals surface area contributed by atoms with Crippen LogP contribution in [0.25, 0.3) is 11.3 Å². The smallest absolute Gasteiger partial charge is 0.266 e. The standard InChI is InChI=1S/C20H22N4O2S/c1-11-5-7-16(12(2)9-11)26-13(3)19(25)23-20-22-18-14-10-21-24(4)15(14)6-8-17(18)27-20/h5,7,9-10,13H,6,8H2,1-4H3,(H,22,23,25)/t13-/m0/s1. The van der Waals surface area contributed by atoms with E-state index in [9.17, 15) is 4.79 Å². The Hall–Kier alpha value is -2.67. The van der Waals surface area contributed by atoms with Gasteiger partial charge in [0.25, 0.3) is 5.91 Å². The van der Waals surface area contributed by atoms with Crippen molar-refractivity contribution >= 4 is 22.4 Å². The summed E-state index contributed by atoms with van der Waals surface area (Å²) in [6.07, 6.45) is 3.11. The molecule has 1 aliphatic rings. The second kappa shape index (κ2) is 6.81. The summed E-state index contributed by atoms with van der Waals surface area (Å²) in [5, 5.41) is 7.84. The summed E-state index contributed by atoms with van der Waals surface area (Å²) in [4.78, 5) is 18.4. The van der Waals surface area contributed by atoms with Crippen LogP contribution >= 0.6 is 11.3 Å². The highest BCUT2D eigenvalue weighted by Gasteiger charge is 2.25. The Morgan fingerprint density at radius 2 is 2.15 bits per heavy atom. The number of hydrogen-bond acceptors (Lipinski definition) is 5. The Labute approximate surface area is 162 Å². The molecule has 0 bridgehead atoms. The Morgan fingerprint density at radius 3 is 2.93 bits per heavy atom. The Bertz CT molecular complexity index is 1020. The number of ether oxygens (including phenoxy) is 1. The molecule has 140 valence electrons. The number of nitrogens with zero attached hydrogens (tertiary/aromatic N) is 3. The summed E-state index contributed by atoms with van der Waals surface area (Å²) < 4.78 is 7.75. The van der Waals surface area contributed by atoms with Crippen LogP contribution < -0.4 is 10.1 Å². The monoisotopic (exact) mass is 382 g/mol. The van der Waals surface area contributed by atoms with Gasteiger partial charge in [-0.1, -0.05) is 17.7 Å². The summed E-state index contributed by atoms with van der Waals surface area (Å²) >= 11 is 1.53. The molecule has 1 aromatic carbocycles. The van der Waals surface area contributed by atoms with Gasteiger partial charge in [0.05, 0.1) is 11.9 Å². The number of benzene rings is 1. The maximum Gasteiger partial charge on any atom is 0.266 e. The molecule has 6 nitrogen and oxygen atoms in total. The van der Waals surface area contributed by atoms with Gasteiger partial charge in [-0.2, -0.15) is 5.10 Å².